The van der Waals surface area contributed by atoms with Crippen molar-refractivity contribution in [2.75, 3.05) is 16.4 Å². The van der Waals surface area contributed by atoms with Crippen LogP contribution in [0.2, 0.25) is 5.02 Å². The van der Waals surface area contributed by atoms with Crippen LogP contribution in [0.5, 0.6) is 0 Å². The molecule has 0 saturated carbocycles. The van der Waals surface area contributed by atoms with Gasteiger partial charge in [0.2, 0.25) is 11.8 Å². The molecule has 0 radical (unpaired) electrons. The molecular formula is C24H23ClN2O2S. The average molecular weight is 439 g/mol. The first kappa shape index (κ1) is 21.9. The minimum absolute atomic E-state index is 0.0674. The SMILES string of the molecule is Cc1cc(C)cc(NC(=O)CSc2cccc(NC(=O)Cc3ccc(Cl)cc3)c2)c1. The van der Waals surface area contributed by atoms with Gasteiger partial charge < -0.3 is 10.6 Å². The molecule has 0 fully saturated rings. The lowest BCUT2D eigenvalue weighted by Gasteiger charge is -2.09. The number of carbonyl (C=O) groups is 2. The van der Waals surface area contributed by atoms with Gasteiger partial charge in [-0.3, -0.25) is 9.59 Å². The van der Waals surface area contributed by atoms with Crippen molar-refractivity contribution in [2.45, 2.75) is 25.2 Å². The summed E-state index contributed by atoms with van der Waals surface area (Å²) in [6.45, 7) is 4.01. The number of nitrogens with one attached hydrogen (secondary N) is 2. The Morgan fingerprint density at radius 3 is 2.20 bits per heavy atom. The molecule has 4 nitrogen and oxygen atoms in total. The van der Waals surface area contributed by atoms with E-state index < -0.39 is 0 Å². The molecule has 3 aromatic rings. The van der Waals surface area contributed by atoms with Crippen molar-refractivity contribution in [3.8, 4) is 0 Å². The molecule has 0 spiro atoms. The molecule has 0 heterocycles. The summed E-state index contributed by atoms with van der Waals surface area (Å²) in [5.74, 6) is 0.115. The highest BCUT2D eigenvalue weighted by molar-refractivity contribution is 8.00. The molecule has 2 amide bonds. The molecule has 0 atom stereocenters. The second-order valence-corrected chi connectivity index (χ2v) is 8.58. The van der Waals surface area contributed by atoms with Crippen LogP contribution >= 0.6 is 23.4 Å². The van der Waals surface area contributed by atoms with Gasteiger partial charge in [0.05, 0.1) is 12.2 Å². The van der Waals surface area contributed by atoms with Crippen molar-refractivity contribution in [1.29, 1.82) is 0 Å². The number of benzene rings is 3. The molecular weight excluding hydrogens is 416 g/mol. The number of aryl methyl sites for hydroxylation is 2. The number of hydrogen-bond acceptors (Lipinski definition) is 3. The normalized spacial score (nSPS) is 10.5. The Bertz CT molecular complexity index is 1030. The third-order valence-electron chi connectivity index (χ3n) is 4.27. The van der Waals surface area contributed by atoms with Gasteiger partial charge in [-0.05, 0) is 73.0 Å². The van der Waals surface area contributed by atoms with Crippen molar-refractivity contribution in [3.63, 3.8) is 0 Å². The van der Waals surface area contributed by atoms with Crippen molar-refractivity contribution in [1.82, 2.24) is 0 Å². The van der Waals surface area contributed by atoms with E-state index in [4.69, 9.17) is 11.6 Å². The Hall–Kier alpha value is -2.76. The van der Waals surface area contributed by atoms with Gasteiger partial charge in [0.25, 0.3) is 0 Å². The van der Waals surface area contributed by atoms with E-state index in [1.165, 1.54) is 11.8 Å². The van der Waals surface area contributed by atoms with Gasteiger partial charge in [-0.1, -0.05) is 35.9 Å². The molecule has 3 aromatic carbocycles. The van der Waals surface area contributed by atoms with Crippen LogP contribution in [0, 0.1) is 13.8 Å². The molecule has 0 aromatic heterocycles. The third kappa shape index (κ3) is 6.94. The van der Waals surface area contributed by atoms with E-state index in [0.29, 0.717) is 10.7 Å². The number of carbonyl (C=O) groups excluding carboxylic acids is 2. The van der Waals surface area contributed by atoms with Gasteiger partial charge in [0.15, 0.2) is 0 Å². The van der Waals surface area contributed by atoms with Gasteiger partial charge in [0.1, 0.15) is 0 Å². The Labute approximate surface area is 186 Å². The van der Waals surface area contributed by atoms with Crippen LogP contribution in [-0.4, -0.2) is 17.6 Å². The van der Waals surface area contributed by atoms with E-state index in [1.807, 2.05) is 62.4 Å². The third-order valence-corrected chi connectivity index (χ3v) is 5.52. The summed E-state index contributed by atoms with van der Waals surface area (Å²) in [5, 5.41) is 6.48. The summed E-state index contributed by atoms with van der Waals surface area (Å²) in [7, 11) is 0. The summed E-state index contributed by atoms with van der Waals surface area (Å²) in [5.41, 5.74) is 4.63. The lowest BCUT2D eigenvalue weighted by molar-refractivity contribution is -0.115. The number of rotatable bonds is 7. The van der Waals surface area contributed by atoms with Crippen LogP contribution in [0.1, 0.15) is 16.7 Å². The summed E-state index contributed by atoms with van der Waals surface area (Å²) in [4.78, 5) is 25.5. The number of halogens is 1. The van der Waals surface area contributed by atoms with E-state index in [0.717, 1.165) is 27.3 Å². The first-order chi connectivity index (χ1) is 14.4. The standard InChI is InChI=1S/C24H23ClN2O2S/c1-16-10-17(2)12-21(11-16)27-24(29)15-30-22-5-3-4-20(14-22)26-23(28)13-18-6-8-19(25)9-7-18/h3-12,14H,13,15H2,1-2H3,(H,26,28)(H,27,29). The largest absolute Gasteiger partial charge is 0.326 e. The predicted molar refractivity (Wildman–Crippen MR) is 125 cm³/mol. The smallest absolute Gasteiger partial charge is 0.234 e. The highest BCUT2D eigenvalue weighted by atomic mass is 35.5. The zero-order valence-corrected chi connectivity index (χ0v) is 18.4. The Balaban J connectivity index is 1.52. The molecule has 154 valence electrons. The predicted octanol–water partition coefficient (Wildman–Crippen LogP) is 5.87. The molecule has 6 heteroatoms. The highest BCUT2D eigenvalue weighted by Crippen LogP contribution is 2.22. The topological polar surface area (TPSA) is 58.2 Å². The van der Waals surface area contributed by atoms with Crippen molar-refractivity contribution in [3.05, 3.63) is 88.4 Å². The summed E-state index contributed by atoms with van der Waals surface area (Å²) in [6.07, 6.45) is 0.271. The molecule has 3 rings (SSSR count). The molecule has 0 saturated heterocycles. The van der Waals surface area contributed by atoms with Crippen LogP contribution in [0.4, 0.5) is 11.4 Å². The molecule has 0 aliphatic heterocycles. The summed E-state index contributed by atoms with van der Waals surface area (Å²) < 4.78 is 0. The molecule has 0 bridgehead atoms. The number of hydrogen-bond donors (Lipinski definition) is 2. The number of anilines is 2. The monoisotopic (exact) mass is 438 g/mol. The van der Waals surface area contributed by atoms with Crippen molar-refractivity contribution in [2.24, 2.45) is 0 Å². The maximum absolute atomic E-state index is 12.3. The second-order valence-electron chi connectivity index (χ2n) is 7.09. The molecule has 30 heavy (non-hydrogen) atoms. The minimum Gasteiger partial charge on any atom is -0.326 e. The van der Waals surface area contributed by atoms with E-state index in [-0.39, 0.29) is 24.0 Å². The number of thioether (sulfide) groups is 1. The van der Waals surface area contributed by atoms with Gasteiger partial charge in [0, 0.05) is 21.3 Å². The summed E-state index contributed by atoms with van der Waals surface area (Å²) >= 11 is 7.30. The first-order valence-electron chi connectivity index (χ1n) is 9.53. The lowest BCUT2D eigenvalue weighted by atomic mass is 10.1. The maximum Gasteiger partial charge on any atom is 0.234 e. The van der Waals surface area contributed by atoms with Gasteiger partial charge >= 0.3 is 0 Å². The fourth-order valence-corrected chi connectivity index (χ4v) is 3.93. The minimum atomic E-state index is -0.105. The van der Waals surface area contributed by atoms with E-state index in [1.54, 1.807) is 12.1 Å². The lowest BCUT2D eigenvalue weighted by Crippen LogP contribution is -2.15. The van der Waals surface area contributed by atoms with Crippen LogP contribution in [0.3, 0.4) is 0 Å². The molecule has 0 unspecified atom stereocenters. The van der Waals surface area contributed by atoms with Crippen molar-refractivity contribution < 1.29 is 9.59 Å². The zero-order chi connectivity index (χ0) is 21.5. The fraction of sp³-hybridized carbons (Fsp3) is 0.167. The maximum atomic E-state index is 12.3. The highest BCUT2D eigenvalue weighted by Gasteiger charge is 2.08. The van der Waals surface area contributed by atoms with Gasteiger partial charge in [-0.25, -0.2) is 0 Å². The Morgan fingerprint density at radius 1 is 0.833 bits per heavy atom. The Kier molecular flexibility index (Phi) is 7.55. The molecule has 0 aliphatic carbocycles. The summed E-state index contributed by atoms with van der Waals surface area (Å²) in [6, 6.07) is 20.7. The molecule has 0 aliphatic rings. The molecule has 2 N–H and O–H groups in total. The van der Waals surface area contributed by atoms with Crippen LogP contribution < -0.4 is 10.6 Å². The van der Waals surface area contributed by atoms with E-state index >= 15 is 0 Å². The first-order valence-corrected chi connectivity index (χ1v) is 10.9. The Morgan fingerprint density at radius 2 is 1.50 bits per heavy atom. The van der Waals surface area contributed by atoms with Gasteiger partial charge in [-0.15, -0.1) is 11.8 Å². The van der Waals surface area contributed by atoms with Crippen molar-refractivity contribution >= 4 is 46.6 Å². The van der Waals surface area contributed by atoms with E-state index in [2.05, 4.69) is 16.7 Å². The van der Waals surface area contributed by atoms with Gasteiger partial charge in [-0.2, -0.15) is 0 Å². The second kappa shape index (κ2) is 10.3. The average Bonchev–Trinajstić information content (AvgIpc) is 2.68. The number of amides is 2. The van der Waals surface area contributed by atoms with Crippen LogP contribution in [0.15, 0.2) is 71.6 Å². The quantitative estimate of drug-likeness (QED) is 0.453. The van der Waals surface area contributed by atoms with Crippen LogP contribution in [0.25, 0.3) is 0 Å². The fourth-order valence-electron chi connectivity index (χ4n) is 3.05. The zero-order valence-electron chi connectivity index (χ0n) is 16.9. The van der Waals surface area contributed by atoms with Crippen LogP contribution in [-0.2, 0) is 16.0 Å². The van der Waals surface area contributed by atoms with E-state index in [9.17, 15) is 9.59 Å².